The maximum absolute atomic E-state index is 12.4. The highest BCUT2D eigenvalue weighted by Gasteiger charge is 2.19. The Hall–Kier alpha value is -3.07. The van der Waals surface area contributed by atoms with Gasteiger partial charge in [-0.2, -0.15) is 0 Å². The van der Waals surface area contributed by atoms with Crippen LogP contribution in [0.1, 0.15) is 34.6 Å². The van der Waals surface area contributed by atoms with Crippen LogP contribution < -0.4 is 10.9 Å². The number of carbonyl (C=O) groups excluding carboxylic acids is 1. The van der Waals surface area contributed by atoms with Gasteiger partial charge in [-0.05, 0) is 25.3 Å². The maximum atomic E-state index is 12.4. The Labute approximate surface area is 154 Å². The number of carbonyl (C=O) groups is 1. The molecule has 4 rings (SSSR count). The minimum Gasteiger partial charge on any atom is -0.376 e. The molecular formula is C18H20N6O3. The van der Waals surface area contributed by atoms with Crippen molar-refractivity contribution in [3.05, 3.63) is 51.6 Å². The topological polar surface area (TPSA) is 115 Å². The minimum atomic E-state index is -0.488. The second-order valence-electron chi connectivity index (χ2n) is 6.66. The van der Waals surface area contributed by atoms with Gasteiger partial charge >= 0.3 is 0 Å². The van der Waals surface area contributed by atoms with Crippen molar-refractivity contribution < 1.29 is 9.53 Å². The number of H-pyrrole nitrogens is 1. The highest BCUT2D eigenvalue weighted by molar-refractivity contribution is 5.91. The Morgan fingerprint density at radius 2 is 2.19 bits per heavy atom. The minimum absolute atomic E-state index is 0.0122. The van der Waals surface area contributed by atoms with E-state index in [9.17, 15) is 9.59 Å². The van der Waals surface area contributed by atoms with E-state index in [2.05, 4.69) is 25.6 Å². The summed E-state index contributed by atoms with van der Waals surface area (Å²) >= 11 is 0. The molecule has 9 heteroatoms. The van der Waals surface area contributed by atoms with Crippen molar-refractivity contribution in [2.24, 2.45) is 0 Å². The van der Waals surface area contributed by atoms with E-state index in [4.69, 9.17) is 4.74 Å². The highest BCUT2D eigenvalue weighted by atomic mass is 16.5. The molecule has 0 bridgehead atoms. The van der Waals surface area contributed by atoms with Crippen LogP contribution in [0.2, 0.25) is 0 Å². The predicted octanol–water partition coefficient (Wildman–Crippen LogP) is 0.780. The third-order valence-corrected chi connectivity index (χ3v) is 4.56. The van der Waals surface area contributed by atoms with Gasteiger partial charge in [0.15, 0.2) is 11.2 Å². The number of fused-ring (bicyclic) bond motifs is 1. The van der Waals surface area contributed by atoms with Gasteiger partial charge < -0.3 is 15.0 Å². The van der Waals surface area contributed by atoms with Crippen LogP contribution in [-0.2, 0) is 11.3 Å². The summed E-state index contributed by atoms with van der Waals surface area (Å²) in [5.74, 6) is -0.509. The third-order valence-electron chi connectivity index (χ3n) is 4.56. The first-order valence-electron chi connectivity index (χ1n) is 8.89. The first-order valence-corrected chi connectivity index (χ1v) is 8.89. The van der Waals surface area contributed by atoms with Crippen LogP contribution in [0.3, 0.4) is 0 Å². The summed E-state index contributed by atoms with van der Waals surface area (Å²) in [6, 6.07) is 7.95. The molecule has 27 heavy (non-hydrogen) atoms. The molecule has 1 amide bonds. The smallest absolute Gasteiger partial charge is 0.287 e. The molecular weight excluding hydrogens is 348 g/mol. The largest absolute Gasteiger partial charge is 0.376 e. The molecule has 1 aliphatic rings. The standard InChI is InChI=1S/C18H20N6O3/c1-11-4-6-12(7-5-11)10-24-16-14(22-23-24)17(25)21-15(20-16)18(26)19-9-13-3-2-8-27-13/h4-7,13H,2-3,8-10H2,1H3,(H,19,26)(H,20,21,25). The zero-order valence-corrected chi connectivity index (χ0v) is 14.9. The van der Waals surface area contributed by atoms with Gasteiger partial charge in [-0.15, -0.1) is 5.10 Å². The van der Waals surface area contributed by atoms with Crippen molar-refractivity contribution in [3.8, 4) is 0 Å². The number of hydrogen-bond acceptors (Lipinski definition) is 6. The van der Waals surface area contributed by atoms with Crippen LogP contribution in [0.4, 0.5) is 0 Å². The van der Waals surface area contributed by atoms with E-state index in [1.807, 2.05) is 31.2 Å². The molecule has 2 N–H and O–H groups in total. The summed E-state index contributed by atoms with van der Waals surface area (Å²) in [6.45, 7) is 3.52. The Morgan fingerprint density at radius 3 is 2.93 bits per heavy atom. The van der Waals surface area contributed by atoms with Gasteiger partial charge in [0.2, 0.25) is 5.82 Å². The first-order chi connectivity index (χ1) is 13.1. The molecule has 2 aromatic heterocycles. The molecule has 1 saturated heterocycles. The van der Waals surface area contributed by atoms with Crippen molar-refractivity contribution in [2.45, 2.75) is 32.4 Å². The summed E-state index contributed by atoms with van der Waals surface area (Å²) in [5.41, 5.74) is 2.05. The fourth-order valence-corrected chi connectivity index (χ4v) is 3.04. The molecule has 140 valence electrons. The summed E-state index contributed by atoms with van der Waals surface area (Å²) < 4.78 is 7.00. The molecule has 0 saturated carbocycles. The summed E-state index contributed by atoms with van der Waals surface area (Å²) in [6.07, 6.45) is 1.92. The van der Waals surface area contributed by atoms with Gasteiger partial charge in [-0.25, -0.2) is 9.67 Å². The fraction of sp³-hybridized carbons (Fsp3) is 0.389. The fourth-order valence-electron chi connectivity index (χ4n) is 3.04. The molecule has 3 aromatic rings. The Morgan fingerprint density at radius 1 is 1.37 bits per heavy atom. The number of hydrogen-bond donors (Lipinski definition) is 2. The van der Waals surface area contributed by atoms with Gasteiger partial charge in [0, 0.05) is 13.2 Å². The van der Waals surface area contributed by atoms with E-state index < -0.39 is 11.5 Å². The highest BCUT2D eigenvalue weighted by Crippen LogP contribution is 2.11. The van der Waals surface area contributed by atoms with Gasteiger partial charge in [0.1, 0.15) is 0 Å². The molecule has 9 nitrogen and oxygen atoms in total. The van der Waals surface area contributed by atoms with E-state index in [-0.39, 0.29) is 23.1 Å². The molecule has 1 aromatic carbocycles. The van der Waals surface area contributed by atoms with E-state index >= 15 is 0 Å². The molecule has 0 spiro atoms. The quantitative estimate of drug-likeness (QED) is 0.688. The lowest BCUT2D eigenvalue weighted by Gasteiger charge is -2.10. The van der Waals surface area contributed by atoms with Gasteiger partial charge in [-0.3, -0.25) is 9.59 Å². The molecule has 0 aliphatic carbocycles. The SMILES string of the molecule is Cc1ccc(Cn2nnc3c(=O)[nH]c(C(=O)NCC4CCCO4)nc32)cc1. The zero-order valence-electron chi connectivity index (χ0n) is 14.9. The van der Waals surface area contributed by atoms with Crippen molar-refractivity contribution in [3.63, 3.8) is 0 Å². The number of aryl methyl sites for hydroxylation is 1. The Balaban J connectivity index is 1.58. The van der Waals surface area contributed by atoms with E-state index in [1.165, 1.54) is 4.68 Å². The molecule has 1 aliphatic heterocycles. The summed E-state index contributed by atoms with van der Waals surface area (Å²) in [5, 5.41) is 10.7. The van der Waals surface area contributed by atoms with Crippen molar-refractivity contribution in [2.75, 3.05) is 13.2 Å². The number of amides is 1. The maximum Gasteiger partial charge on any atom is 0.287 e. The number of nitrogens with zero attached hydrogens (tertiary/aromatic N) is 4. The second kappa shape index (κ2) is 7.28. The lowest BCUT2D eigenvalue weighted by atomic mass is 10.1. The van der Waals surface area contributed by atoms with Crippen LogP contribution in [-0.4, -0.2) is 50.1 Å². The van der Waals surface area contributed by atoms with Crippen LogP contribution in [0.25, 0.3) is 11.2 Å². The number of benzene rings is 1. The van der Waals surface area contributed by atoms with Gasteiger partial charge in [0.05, 0.1) is 12.6 Å². The number of ether oxygens (including phenoxy) is 1. The van der Waals surface area contributed by atoms with E-state index in [0.717, 1.165) is 24.0 Å². The van der Waals surface area contributed by atoms with Gasteiger partial charge in [0.25, 0.3) is 11.5 Å². The molecule has 1 fully saturated rings. The van der Waals surface area contributed by atoms with E-state index in [0.29, 0.717) is 19.7 Å². The number of aromatic nitrogens is 5. The van der Waals surface area contributed by atoms with E-state index in [1.54, 1.807) is 0 Å². The third kappa shape index (κ3) is 3.72. The Kier molecular flexibility index (Phi) is 4.68. The summed E-state index contributed by atoms with van der Waals surface area (Å²) in [4.78, 5) is 31.4. The van der Waals surface area contributed by atoms with Crippen LogP contribution in [0.5, 0.6) is 0 Å². The Bertz CT molecular complexity index is 1020. The van der Waals surface area contributed by atoms with Crippen LogP contribution >= 0.6 is 0 Å². The molecule has 1 unspecified atom stereocenters. The van der Waals surface area contributed by atoms with Crippen LogP contribution in [0, 0.1) is 6.92 Å². The average Bonchev–Trinajstić information content (AvgIpc) is 3.32. The normalized spacial score (nSPS) is 16.7. The van der Waals surface area contributed by atoms with Crippen molar-refractivity contribution >= 4 is 17.1 Å². The zero-order chi connectivity index (χ0) is 18.8. The number of nitrogens with one attached hydrogen (secondary N) is 2. The van der Waals surface area contributed by atoms with Crippen molar-refractivity contribution in [1.82, 2.24) is 30.3 Å². The predicted molar refractivity (Wildman–Crippen MR) is 97.5 cm³/mol. The lowest BCUT2D eigenvalue weighted by Crippen LogP contribution is -2.34. The second-order valence-corrected chi connectivity index (χ2v) is 6.66. The number of rotatable bonds is 5. The monoisotopic (exact) mass is 368 g/mol. The first kappa shape index (κ1) is 17.3. The molecule has 0 radical (unpaired) electrons. The molecule has 3 heterocycles. The average molecular weight is 368 g/mol. The van der Waals surface area contributed by atoms with Crippen molar-refractivity contribution in [1.29, 1.82) is 0 Å². The molecule has 1 atom stereocenters. The number of aromatic amines is 1. The van der Waals surface area contributed by atoms with Crippen LogP contribution in [0.15, 0.2) is 29.1 Å². The van der Waals surface area contributed by atoms with Gasteiger partial charge in [-0.1, -0.05) is 35.0 Å². The summed E-state index contributed by atoms with van der Waals surface area (Å²) in [7, 11) is 0. The lowest BCUT2D eigenvalue weighted by molar-refractivity contribution is 0.0849.